The van der Waals surface area contributed by atoms with Crippen LogP contribution in [0.3, 0.4) is 0 Å². The van der Waals surface area contributed by atoms with Crippen molar-refractivity contribution >= 4 is 29.6 Å². The maximum Gasteiger partial charge on any atom is 0.435 e. The molecule has 0 aromatic heterocycles. The van der Waals surface area contributed by atoms with Crippen molar-refractivity contribution in [3.63, 3.8) is 0 Å². The fourth-order valence-electron chi connectivity index (χ4n) is 5.86. The zero-order valence-corrected chi connectivity index (χ0v) is 23.9. The fourth-order valence-corrected chi connectivity index (χ4v) is 7.29. The molecular weight excluding hydrogens is 626 g/mol. The van der Waals surface area contributed by atoms with Gasteiger partial charge in [0.1, 0.15) is 11.9 Å². The molecule has 44 heavy (non-hydrogen) atoms. The number of thioether (sulfide) groups is 1. The van der Waals surface area contributed by atoms with Crippen LogP contribution in [-0.2, 0) is 29.5 Å². The van der Waals surface area contributed by atoms with Gasteiger partial charge >= 0.3 is 30.0 Å². The van der Waals surface area contributed by atoms with Crippen LogP contribution in [0.4, 0.5) is 35.1 Å². The molecule has 0 radical (unpaired) electrons. The number of nitrogens with zero attached hydrogens (tertiary/aromatic N) is 1. The first-order valence-corrected chi connectivity index (χ1v) is 14.2. The summed E-state index contributed by atoms with van der Waals surface area (Å²) in [6.45, 7) is -0.319. The molecular formula is C29H27F8NO5S. The van der Waals surface area contributed by atoms with Crippen LogP contribution in [0.1, 0.15) is 43.2 Å². The van der Waals surface area contributed by atoms with Crippen LogP contribution in [0, 0.1) is 17.7 Å². The number of carboxylic acids is 1. The van der Waals surface area contributed by atoms with Gasteiger partial charge in [0, 0.05) is 22.9 Å². The van der Waals surface area contributed by atoms with Gasteiger partial charge in [-0.3, -0.25) is 9.59 Å². The maximum absolute atomic E-state index is 14.7. The predicted octanol–water partition coefficient (Wildman–Crippen LogP) is 6.77. The number of carboxylic acid groups (broad SMARTS) is 1. The van der Waals surface area contributed by atoms with E-state index in [4.69, 9.17) is 4.74 Å². The number of hydrogen-bond donors (Lipinski definition) is 1. The summed E-state index contributed by atoms with van der Waals surface area (Å²) in [7, 11) is 1.24. The molecule has 1 amide bonds. The molecule has 1 N–H and O–H groups in total. The largest absolute Gasteiger partial charge is 0.480 e. The summed E-state index contributed by atoms with van der Waals surface area (Å²) in [5.74, 6) is -4.00. The highest BCUT2D eigenvalue weighted by Gasteiger charge is 2.73. The molecule has 2 aliphatic rings. The van der Waals surface area contributed by atoms with Gasteiger partial charge in [0.2, 0.25) is 5.91 Å². The van der Waals surface area contributed by atoms with Crippen LogP contribution >= 0.6 is 11.8 Å². The van der Waals surface area contributed by atoms with Gasteiger partial charge in [0.15, 0.2) is 0 Å². The van der Waals surface area contributed by atoms with Gasteiger partial charge in [0.25, 0.3) is 0 Å². The number of carbonyl (C=O) groups excluding carboxylic acids is 2. The lowest BCUT2D eigenvalue weighted by Crippen LogP contribution is -2.50. The molecule has 4 rings (SSSR count). The second-order valence-electron chi connectivity index (χ2n) is 10.9. The highest BCUT2D eigenvalue weighted by Crippen LogP contribution is 2.55. The van der Waals surface area contributed by atoms with Gasteiger partial charge in [-0.1, -0.05) is 24.3 Å². The number of esters is 1. The van der Waals surface area contributed by atoms with Gasteiger partial charge in [-0.25, -0.2) is 13.6 Å². The van der Waals surface area contributed by atoms with E-state index in [1.807, 2.05) is 0 Å². The summed E-state index contributed by atoms with van der Waals surface area (Å²) in [6, 6.07) is 5.88. The third-order valence-corrected chi connectivity index (χ3v) is 9.65. The second kappa shape index (κ2) is 12.2. The Morgan fingerprint density at radius 1 is 0.864 bits per heavy atom. The van der Waals surface area contributed by atoms with Gasteiger partial charge < -0.3 is 14.7 Å². The van der Waals surface area contributed by atoms with Crippen molar-refractivity contribution in [2.75, 3.05) is 13.7 Å². The number of aliphatic carboxylic acids is 1. The fraction of sp³-hybridized carbons (Fsp3) is 0.483. The van der Waals surface area contributed by atoms with Gasteiger partial charge in [-0.05, 0) is 61.9 Å². The number of halogens is 8. The number of methoxy groups -OCH3 is 1. The zero-order chi connectivity index (χ0) is 32.7. The molecule has 2 fully saturated rings. The molecule has 0 bridgehead atoms. The normalized spacial score (nSPS) is 24.7. The first-order valence-electron chi connectivity index (χ1n) is 13.4. The minimum absolute atomic E-state index is 0.0400. The van der Waals surface area contributed by atoms with E-state index in [0.29, 0.717) is 29.9 Å². The van der Waals surface area contributed by atoms with Crippen molar-refractivity contribution in [3.8, 4) is 0 Å². The summed E-state index contributed by atoms with van der Waals surface area (Å²) in [4.78, 5) is 39.4. The highest BCUT2D eigenvalue weighted by molar-refractivity contribution is 8.00. The molecule has 1 aliphatic heterocycles. The Kier molecular flexibility index (Phi) is 9.30. The van der Waals surface area contributed by atoms with Crippen LogP contribution in [0.15, 0.2) is 53.4 Å². The van der Waals surface area contributed by atoms with E-state index in [1.54, 1.807) is 0 Å². The maximum atomic E-state index is 14.7. The van der Waals surface area contributed by atoms with Gasteiger partial charge in [-0.2, -0.15) is 26.3 Å². The standard InChI is InChI=1S/C29H27F8NO5S/c1-43-25(42)17-4-2-16(3-5-17)23(39)38-15-26(14-22(38)24(40)41,44-21-12-10-20(30)11-13-21)18-6-8-19(9-7-18)27(31,28(32,33)34)29(35,36)37/h6-13,16-17,22H,2-5,14-15H2,1H3,(H,40,41)/t16?,17?,22-,26+/m0/s1. The number of likely N-dealkylation sites (tertiary alicyclic amines) is 1. The smallest absolute Gasteiger partial charge is 0.435 e. The molecule has 1 aliphatic carbocycles. The monoisotopic (exact) mass is 653 g/mol. The van der Waals surface area contributed by atoms with Crippen molar-refractivity contribution in [3.05, 3.63) is 65.5 Å². The van der Waals surface area contributed by atoms with Crippen LogP contribution < -0.4 is 0 Å². The molecule has 15 heteroatoms. The SMILES string of the molecule is COC(=O)C1CCC(C(=O)N2C[C@@](Sc3ccc(F)cc3)(c3ccc(C(F)(C(F)(F)F)C(F)(F)F)cc3)C[C@H]2C(=O)O)CC1. The lowest BCUT2D eigenvalue weighted by molar-refractivity contribution is -0.348. The van der Waals surface area contributed by atoms with Gasteiger partial charge in [-0.15, -0.1) is 11.8 Å². The van der Waals surface area contributed by atoms with E-state index in [0.717, 1.165) is 40.9 Å². The molecule has 6 nitrogen and oxygen atoms in total. The number of rotatable bonds is 7. The molecule has 1 heterocycles. The van der Waals surface area contributed by atoms with Crippen molar-refractivity contribution in [1.82, 2.24) is 4.90 Å². The Bertz CT molecular complexity index is 1360. The number of hydrogen-bond acceptors (Lipinski definition) is 5. The van der Waals surface area contributed by atoms with Crippen LogP contribution in [-0.4, -0.2) is 59.9 Å². The van der Waals surface area contributed by atoms with E-state index in [9.17, 15) is 54.6 Å². The lowest BCUT2D eigenvalue weighted by atomic mass is 9.81. The average molecular weight is 654 g/mol. The van der Waals surface area contributed by atoms with Crippen molar-refractivity contribution in [2.45, 2.75) is 65.8 Å². The van der Waals surface area contributed by atoms with E-state index in [-0.39, 0.29) is 31.4 Å². The van der Waals surface area contributed by atoms with E-state index < -0.39 is 69.9 Å². The summed E-state index contributed by atoms with van der Waals surface area (Å²) < 4.78 is 112. The average Bonchev–Trinajstić information content (AvgIpc) is 3.37. The predicted molar refractivity (Wildman–Crippen MR) is 140 cm³/mol. The molecule has 240 valence electrons. The van der Waals surface area contributed by atoms with E-state index in [1.165, 1.54) is 19.2 Å². The van der Waals surface area contributed by atoms with E-state index >= 15 is 0 Å². The van der Waals surface area contributed by atoms with Gasteiger partial charge in [0.05, 0.1) is 17.8 Å². The van der Waals surface area contributed by atoms with Crippen molar-refractivity contribution < 1.29 is 59.4 Å². The Hall–Kier alpha value is -3.36. The second-order valence-corrected chi connectivity index (χ2v) is 12.3. The summed E-state index contributed by atoms with van der Waals surface area (Å²) in [5, 5.41) is 10.1. The minimum Gasteiger partial charge on any atom is -0.480 e. The molecule has 2 aromatic carbocycles. The Balaban J connectivity index is 1.73. The molecule has 0 spiro atoms. The van der Waals surface area contributed by atoms with Crippen LogP contribution in [0.25, 0.3) is 0 Å². The molecule has 2 atom stereocenters. The van der Waals surface area contributed by atoms with Crippen LogP contribution in [0.2, 0.25) is 0 Å². The molecule has 0 unspecified atom stereocenters. The Labute approximate surface area is 250 Å². The topological polar surface area (TPSA) is 83.9 Å². The van der Waals surface area contributed by atoms with Crippen molar-refractivity contribution in [1.29, 1.82) is 0 Å². The number of benzene rings is 2. The minimum atomic E-state index is -6.33. The number of alkyl halides is 7. The number of amides is 1. The first-order chi connectivity index (χ1) is 20.4. The lowest BCUT2D eigenvalue weighted by Gasteiger charge is -2.33. The molecule has 2 aromatic rings. The summed E-state index contributed by atoms with van der Waals surface area (Å²) in [6.07, 6.45) is -11.8. The third kappa shape index (κ3) is 6.24. The zero-order valence-electron chi connectivity index (χ0n) is 23.1. The molecule has 1 saturated carbocycles. The highest BCUT2D eigenvalue weighted by atomic mass is 32.2. The molecule has 1 saturated heterocycles. The number of carbonyl (C=O) groups is 3. The first kappa shape index (κ1) is 33.5. The summed E-state index contributed by atoms with van der Waals surface area (Å²) >= 11 is 0.958. The quantitative estimate of drug-likeness (QED) is 0.263. The number of ether oxygens (including phenoxy) is 1. The Morgan fingerprint density at radius 3 is 1.86 bits per heavy atom. The van der Waals surface area contributed by atoms with E-state index in [2.05, 4.69) is 0 Å². The third-order valence-electron chi connectivity index (χ3n) is 8.22. The Morgan fingerprint density at radius 2 is 1.39 bits per heavy atom. The summed E-state index contributed by atoms with van der Waals surface area (Å²) in [5.41, 5.74) is -7.34. The van der Waals surface area contributed by atoms with Crippen LogP contribution in [0.5, 0.6) is 0 Å². The van der Waals surface area contributed by atoms with Crippen molar-refractivity contribution in [2.24, 2.45) is 11.8 Å².